The topological polar surface area (TPSA) is 66.9 Å². The SMILES string of the molecule is COc1ccc(/C=C/C(=O)N2CCCC2c2cccc(Cl)c2)cc1S(=O)(=O)N(C)C. The fraction of sp³-hybridized carbons (Fsp3) is 0.318. The molecule has 1 atom stereocenters. The number of hydrogen-bond acceptors (Lipinski definition) is 4. The first kappa shape index (κ1) is 22.3. The Kier molecular flexibility index (Phi) is 6.85. The highest BCUT2D eigenvalue weighted by Gasteiger charge is 2.29. The number of likely N-dealkylation sites (tertiary alicyclic amines) is 1. The average molecular weight is 449 g/mol. The van der Waals surface area contributed by atoms with Crippen LogP contribution in [-0.4, -0.2) is 51.3 Å². The summed E-state index contributed by atoms with van der Waals surface area (Å²) in [7, 11) is 0.669. The van der Waals surface area contributed by atoms with E-state index < -0.39 is 10.0 Å². The Hall–Kier alpha value is -2.35. The summed E-state index contributed by atoms with van der Waals surface area (Å²) >= 11 is 6.11. The molecule has 30 heavy (non-hydrogen) atoms. The molecule has 2 aromatic rings. The third-order valence-corrected chi connectivity index (χ3v) is 7.21. The van der Waals surface area contributed by atoms with Crippen molar-refractivity contribution in [2.24, 2.45) is 0 Å². The number of hydrogen-bond donors (Lipinski definition) is 0. The number of methoxy groups -OCH3 is 1. The Labute approximate surface area is 182 Å². The fourth-order valence-electron chi connectivity index (χ4n) is 3.55. The van der Waals surface area contributed by atoms with E-state index in [4.69, 9.17) is 16.3 Å². The molecule has 160 valence electrons. The van der Waals surface area contributed by atoms with Crippen molar-refractivity contribution in [2.75, 3.05) is 27.7 Å². The number of carbonyl (C=O) groups is 1. The first-order valence-electron chi connectivity index (χ1n) is 9.58. The quantitative estimate of drug-likeness (QED) is 0.627. The molecule has 1 amide bonds. The van der Waals surface area contributed by atoms with Crippen LogP contribution in [0.15, 0.2) is 53.4 Å². The number of ether oxygens (including phenoxy) is 1. The summed E-state index contributed by atoms with van der Waals surface area (Å²) in [6.07, 6.45) is 4.92. The zero-order valence-electron chi connectivity index (χ0n) is 17.2. The molecule has 0 saturated carbocycles. The maximum Gasteiger partial charge on any atom is 0.247 e. The molecule has 0 aromatic heterocycles. The maximum atomic E-state index is 12.9. The lowest BCUT2D eigenvalue weighted by atomic mass is 10.0. The van der Waals surface area contributed by atoms with Gasteiger partial charge >= 0.3 is 0 Å². The van der Waals surface area contributed by atoms with Crippen LogP contribution in [0.2, 0.25) is 5.02 Å². The zero-order chi connectivity index (χ0) is 21.9. The molecule has 3 rings (SSSR count). The summed E-state index contributed by atoms with van der Waals surface area (Å²) < 4.78 is 31.5. The predicted octanol–water partition coefficient (Wildman–Crippen LogP) is 3.98. The Bertz CT molecular complexity index is 1070. The third-order valence-electron chi connectivity index (χ3n) is 5.13. The molecular formula is C22H25ClN2O4S. The number of amides is 1. The highest BCUT2D eigenvalue weighted by molar-refractivity contribution is 7.89. The van der Waals surface area contributed by atoms with Crippen molar-refractivity contribution < 1.29 is 17.9 Å². The van der Waals surface area contributed by atoms with Gasteiger partial charge in [0.2, 0.25) is 15.9 Å². The number of nitrogens with zero attached hydrogens (tertiary/aromatic N) is 2. The van der Waals surface area contributed by atoms with Crippen LogP contribution in [0.1, 0.15) is 30.0 Å². The lowest BCUT2D eigenvalue weighted by Crippen LogP contribution is -2.28. The molecule has 1 fully saturated rings. The van der Waals surface area contributed by atoms with E-state index in [1.54, 1.807) is 18.2 Å². The van der Waals surface area contributed by atoms with Crippen molar-refractivity contribution >= 4 is 33.6 Å². The molecule has 6 nitrogen and oxygen atoms in total. The van der Waals surface area contributed by atoms with Crippen LogP contribution >= 0.6 is 11.6 Å². The smallest absolute Gasteiger partial charge is 0.247 e. The summed E-state index contributed by atoms with van der Waals surface area (Å²) in [5, 5.41) is 0.648. The number of carbonyl (C=O) groups excluding carboxylic acids is 1. The van der Waals surface area contributed by atoms with Crippen molar-refractivity contribution in [3.05, 3.63) is 64.7 Å². The maximum absolute atomic E-state index is 12.9. The number of sulfonamides is 1. The van der Waals surface area contributed by atoms with Gasteiger partial charge in [0.1, 0.15) is 10.6 Å². The van der Waals surface area contributed by atoms with E-state index in [1.165, 1.54) is 33.3 Å². The Balaban J connectivity index is 1.84. The molecule has 1 heterocycles. The van der Waals surface area contributed by atoms with Crippen LogP contribution in [0.25, 0.3) is 6.08 Å². The van der Waals surface area contributed by atoms with Gasteiger partial charge in [-0.3, -0.25) is 4.79 Å². The molecule has 1 saturated heterocycles. The minimum Gasteiger partial charge on any atom is -0.495 e. The molecule has 0 bridgehead atoms. The van der Waals surface area contributed by atoms with Crippen molar-refractivity contribution in [1.29, 1.82) is 0 Å². The predicted molar refractivity (Wildman–Crippen MR) is 118 cm³/mol. The van der Waals surface area contributed by atoms with Gasteiger partial charge in [0.05, 0.1) is 13.2 Å². The van der Waals surface area contributed by atoms with Crippen molar-refractivity contribution in [3.8, 4) is 5.75 Å². The molecule has 1 aliphatic rings. The second-order valence-electron chi connectivity index (χ2n) is 7.28. The molecule has 0 aliphatic carbocycles. The monoisotopic (exact) mass is 448 g/mol. The average Bonchev–Trinajstić information content (AvgIpc) is 3.21. The molecule has 1 unspecified atom stereocenters. The third kappa shape index (κ3) is 4.69. The minimum absolute atomic E-state index is 0.0126. The van der Waals surface area contributed by atoms with Gasteiger partial charge < -0.3 is 9.64 Å². The van der Waals surface area contributed by atoms with Crippen LogP contribution in [0.4, 0.5) is 0 Å². The van der Waals surface area contributed by atoms with Gasteiger partial charge in [0.25, 0.3) is 0 Å². The van der Waals surface area contributed by atoms with Crippen LogP contribution in [0, 0.1) is 0 Å². The number of rotatable bonds is 6. The van der Waals surface area contributed by atoms with Gasteiger partial charge in [-0.2, -0.15) is 0 Å². The van der Waals surface area contributed by atoms with Crippen LogP contribution in [0.5, 0.6) is 5.75 Å². The molecule has 0 spiro atoms. The highest BCUT2D eigenvalue weighted by Crippen LogP contribution is 2.33. The fourth-order valence-corrected chi connectivity index (χ4v) is 4.83. The Morgan fingerprint density at radius 2 is 2.00 bits per heavy atom. The van der Waals surface area contributed by atoms with Gasteiger partial charge in [-0.25, -0.2) is 12.7 Å². The normalized spacial score (nSPS) is 17.1. The largest absolute Gasteiger partial charge is 0.495 e. The summed E-state index contributed by atoms with van der Waals surface area (Å²) in [6, 6.07) is 12.4. The van der Waals surface area contributed by atoms with Crippen LogP contribution in [0.3, 0.4) is 0 Å². The van der Waals surface area contributed by atoms with E-state index in [0.29, 0.717) is 17.1 Å². The summed E-state index contributed by atoms with van der Waals surface area (Å²) in [5.74, 6) is 0.137. The standard InChI is InChI=1S/C22H25ClN2O4S/c1-24(2)30(27,28)21-14-16(9-11-20(21)29-3)10-12-22(26)25-13-5-8-19(25)17-6-4-7-18(23)15-17/h4,6-7,9-12,14-15,19H,5,8,13H2,1-3H3/b12-10+. The van der Waals surface area contributed by atoms with E-state index >= 15 is 0 Å². The van der Waals surface area contributed by atoms with Crippen molar-refractivity contribution in [2.45, 2.75) is 23.8 Å². The van der Waals surface area contributed by atoms with E-state index in [-0.39, 0.29) is 22.6 Å². The number of benzene rings is 2. The van der Waals surface area contributed by atoms with Gasteiger partial charge in [-0.15, -0.1) is 0 Å². The van der Waals surface area contributed by atoms with Gasteiger partial charge in [-0.1, -0.05) is 29.8 Å². The van der Waals surface area contributed by atoms with Gasteiger partial charge in [0.15, 0.2) is 0 Å². The lowest BCUT2D eigenvalue weighted by Gasteiger charge is -2.24. The first-order valence-corrected chi connectivity index (χ1v) is 11.4. The zero-order valence-corrected chi connectivity index (χ0v) is 18.8. The van der Waals surface area contributed by atoms with Gasteiger partial charge in [-0.05, 0) is 54.3 Å². The second-order valence-corrected chi connectivity index (χ2v) is 9.83. The molecule has 0 radical (unpaired) electrons. The Morgan fingerprint density at radius 3 is 2.67 bits per heavy atom. The van der Waals surface area contributed by atoms with E-state index in [9.17, 15) is 13.2 Å². The van der Waals surface area contributed by atoms with Crippen LogP contribution in [-0.2, 0) is 14.8 Å². The Morgan fingerprint density at radius 1 is 1.23 bits per heavy atom. The number of halogens is 1. The molecule has 1 aliphatic heterocycles. The summed E-state index contributed by atoms with van der Waals surface area (Å²) in [4.78, 5) is 14.7. The molecular weight excluding hydrogens is 424 g/mol. The minimum atomic E-state index is -3.68. The molecule has 2 aromatic carbocycles. The second kappa shape index (κ2) is 9.20. The van der Waals surface area contributed by atoms with Gasteiger partial charge in [0, 0.05) is 31.7 Å². The lowest BCUT2D eigenvalue weighted by molar-refractivity contribution is -0.126. The molecule has 0 N–H and O–H groups in total. The van der Waals surface area contributed by atoms with Crippen LogP contribution < -0.4 is 4.74 Å². The highest BCUT2D eigenvalue weighted by atomic mass is 35.5. The summed E-state index contributed by atoms with van der Waals surface area (Å²) in [6.45, 7) is 0.670. The van der Waals surface area contributed by atoms with E-state index in [0.717, 1.165) is 22.7 Å². The van der Waals surface area contributed by atoms with Crippen molar-refractivity contribution in [3.63, 3.8) is 0 Å². The first-order chi connectivity index (χ1) is 14.2. The van der Waals surface area contributed by atoms with Crippen molar-refractivity contribution in [1.82, 2.24) is 9.21 Å². The van der Waals surface area contributed by atoms with E-state index in [1.807, 2.05) is 29.2 Å². The molecule has 8 heteroatoms. The van der Waals surface area contributed by atoms with E-state index in [2.05, 4.69) is 0 Å². The summed E-state index contributed by atoms with van der Waals surface area (Å²) in [5.41, 5.74) is 1.62.